The van der Waals surface area contributed by atoms with Gasteiger partial charge in [-0.1, -0.05) is 41.0 Å². The highest BCUT2D eigenvalue weighted by Gasteiger charge is 2.59. The molecule has 3 heterocycles. The molecule has 3 fully saturated rings. The Kier molecular flexibility index (Phi) is 9.22. The molecule has 1 aromatic rings. The molecular formula is C33H45BN4O8. The predicted octanol–water partition coefficient (Wildman–Crippen LogP) is 2.64. The molecule has 13 heteroatoms. The summed E-state index contributed by atoms with van der Waals surface area (Å²) < 4.78 is 12.7. The maximum Gasteiger partial charge on any atom is 0.481 e. The highest BCUT2D eigenvalue weighted by Crippen LogP contribution is 2.58. The molecule has 46 heavy (non-hydrogen) atoms. The van der Waals surface area contributed by atoms with Crippen LogP contribution in [0.4, 0.5) is 0 Å². The standard InChI is InChI=1S/C33H45BN4O8/c1-8-20-15-24(32(20,5)6)33(7)16-45-34(46-33)25(13-17(2)3)36-27(40)18(4)35-28(41)19-9-10-21-22(14-19)31(44)38(30(21)43)23-11-12-26(39)37-29(23)42/h9-10,14,17-18,20,23-25H,8,11-13,15-16H2,1-7H3,(H,35,41)(H,36,40)(H,37,39,42)/t18-,20+,23?,24-,25-,33+/m0/s1. The lowest BCUT2D eigenvalue weighted by Gasteiger charge is -2.58. The van der Waals surface area contributed by atoms with Crippen molar-refractivity contribution in [3.63, 3.8) is 0 Å². The van der Waals surface area contributed by atoms with E-state index < -0.39 is 66.2 Å². The zero-order valence-electron chi connectivity index (χ0n) is 27.7. The predicted molar refractivity (Wildman–Crippen MR) is 168 cm³/mol. The Morgan fingerprint density at radius 1 is 1.07 bits per heavy atom. The first kappa shape index (κ1) is 33.8. The first-order valence-electron chi connectivity index (χ1n) is 16.3. The second-order valence-corrected chi connectivity index (χ2v) is 14.5. The minimum Gasteiger partial charge on any atom is -0.407 e. The van der Waals surface area contributed by atoms with Crippen molar-refractivity contribution in [1.29, 1.82) is 0 Å². The van der Waals surface area contributed by atoms with Gasteiger partial charge in [-0.25, -0.2) is 0 Å². The fraction of sp³-hybridized carbons (Fsp3) is 0.636. The van der Waals surface area contributed by atoms with Gasteiger partial charge in [0, 0.05) is 12.0 Å². The minimum atomic E-state index is -1.11. The molecule has 5 rings (SSSR count). The largest absolute Gasteiger partial charge is 0.481 e. The Bertz CT molecular complexity index is 1460. The topological polar surface area (TPSA) is 160 Å². The van der Waals surface area contributed by atoms with E-state index in [2.05, 4.69) is 57.5 Å². The molecule has 6 atom stereocenters. The quantitative estimate of drug-likeness (QED) is 0.261. The number of imide groups is 2. The second kappa shape index (κ2) is 12.6. The van der Waals surface area contributed by atoms with E-state index >= 15 is 0 Å². The number of fused-ring (bicyclic) bond motifs is 1. The maximum absolute atomic E-state index is 13.4. The van der Waals surface area contributed by atoms with Crippen molar-refractivity contribution in [2.45, 2.75) is 104 Å². The molecule has 1 aromatic carbocycles. The fourth-order valence-corrected chi connectivity index (χ4v) is 7.72. The van der Waals surface area contributed by atoms with Gasteiger partial charge in [0.25, 0.3) is 17.7 Å². The van der Waals surface area contributed by atoms with Crippen LogP contribution in [0, 0.1) is 23.2 Å². The van der Waals surface area contributed by atoms with Crippen LogP contribution in [-0.2, 0) is 23.7 Å². The van der Waals surface area contributed by atoms with E-state index in [-0.39, 0.29) is 40.9 Å². The van der Waals surface area contributed by atoms with E-state index in [1.807, 2.05) is 0 Å². The molecule has 4 aliphatic rings. The highest BCUT2D eigenvalue weighted by atomic mass is 16.7. The third-order valence-electron chi connectivity index (χ3n) is 10.4. The number of piperidine rings is 1. The van der Waals surface area contributed by atoms with Gasteiger partial charge < -0.3 is 19.9 Å². The second-order valence-electron chi connectivity index (χ2n) is 14.5. The van der Waals surface area contributed by atoms with Crippen LogP contribution >= 0.6 is 0 Å². The van der Waals surface area contributed by atoms with Gasteiger partial charge >= 0.3 is 7.12 Å². The average Bonchev–Trinajstić information content (AvgIpc) is 3.49. The minimum absolute atomic E-state index is 0.00579. The lowest BCUT2D eigenvalue weighted by molar-refractivity contribution is -0.136. The van der Waals surface area contributed by atoms with Gasteiger partial charge in [0.2, 0.25) is 17.7 Å². The first-order chi connectivity index (χ1) is 21.6. The van der Waals surface area contributed by atoms with E-state index in [1.54, 1.807) is 6.92 Å². The molecule has 3 N–H and O–H groups in total. The van der Waals surface area contributed by atoms with Crippen LogP contribution < -0.4 is 16.0 Å². The molecule has 6 amide bonds. The van der Waals surface area contributed by atoms with Crippen molar-refractivity contribution in [2.24, 2.45) is 23.2 Å². The van der Waals surface area contributed by atoms with Crippen LogP contribution in [0.2, 0.25) is 0 Å². The van der Waals surface area contributed by atoms with Crippen LogP contribution in [0.25, 0.3) is 0 Å². The van der Waals surface area contributed by atoms with E-state index in [1.165, 1.54) is 18.2 Å². The number of nitrogens with zero attached hydrogens (tertiary/aromatic N) is 1. The summed E-state index contributed by atoms with van der Waals surface area (Å²) in [6, 6.07) is 2.00. The smallest absolute Gasteiger partial charge is 0.407 e. The molecule has 1 unspecified atom stereocenters. The zero-order valence-corrected chi connectivity index (χ0v) is 27.7. The number of amides is 6. The van der Waals surface area contributed by atoms with E-state index in [0.29, 0.717) is 24.9 Å². The van der Waals surface area contributed by atoms with Gasteiger partial charge in [0.15, 0.2) is 0 Å². The third-order valence-corrected chi connectivity index (χ3v) is 10.4. The van der Waals surface area contributed by atoms with Gasteiger partial charge in [0.1, 0.15) is 12.1 Å². The molecule has 0 radical (unpaired) electrons. The molecule has 3 aliphatic heterocycles. The van der Waals surface area contributed by atoms with Crippen molar-refractivity contribution in [3.05, 3.63) is 34.9 Å². The Hall–Kier alpha value is -3.58. The average molecular weight is 637 g/mol. The number of hydrogen-bond donors (Lipinski definition) is 3. The summed E-state index contributed by atoms with van der Waals surface area (Å²) in [5.74, 6) is -2.78. The number of carbonyl (C=O) groups is 6. The van der Waals surface area contributed by atoms with Gasteiger partial charge in [-0.15, -0.1) is 0 Å². The van der Waals surface area contributed by atoms with Crippen molar-refractivity contribution in [3.8, 4) is 0 Å². The number of hydrogen-bond acceptors (Lipinski definition) is 8. The molecule has 0 bridgehead atoms. The van der Waals surface area contributed by atoms with Crippen molar-refractivity contribution in [1.82, 2.24) is 20.9 Å². The SMILES string of the molecule is CC[C@@H]1C[C@H]([C@@]2(C)COB([C@H](CC(C)C)NC(=O)[C@H](C)NC(=O)c3ccc4c(c3)C(=O)N(C3CCC(=O)NC3=O)C4=O)O2)C1(C)C. The zero-order chi connectivity index (χ0) is 33.7. The molecule has 0 aromatic heterocycles. The lowest BCUT2D eigenvalue weighted by Crippen LogP contribution is -2.58. The van der Waals surface area contributed by atoms with Gasteiger partial charge in [-0.05, 0) is 74.5 Å². The highest BCUT2D eigenvalue weighted by molar-refractivity contribution is 6.47. The summed E-state index contributed by atoms with van der Waals surface area (Å²) in [5, 5.41) is 7.87. The lowest BCUT2D eigenvalue weighted by atomic mass is 9.49. The summed E-state index contributed by atoms with van der Waals surface area (Å²) in [4.78, 5) is 77.4. The molecular weight excluding hydrogens is 591 g/mol. The molecule has 1 saturated carbocycles. The Balaban J connectivity index is 1.22. The van der Waals surface area contributed by atoms with Crippen molar-refractivity contribution in [2.75, 3.05) is 6.61 Å². The van der Waals surface area contributed by atoms with Gasteiger partial charge in [-0.3, -0.25) is 39.0 Å². The summed E-state index contributed by atoms with van der Waals surface area (Å²) in [6.07, 6.45) is 2.86. The third kappa shape index (κ3) is 6.11. The van der Waals surface area contributed by atoms with E-state index in [9.17, 15) is 28.8 Å². The van der Waals surface area contributed by atoms with Crippen LogP contribution in [0.5, 0.6) is 0 Å². The van der Waals surface area contributed by atoms with E-state index in [4.69, 9.17) is 9.31 Å². The Morgan fingerprint density at radius 2 is 1.76 bits per heavy atom. The summed E-state index contributed by atoms with van der Waals surface area (Å²) >= 11 is 0. The normalized spacial score (nSPS) is 28.5. The summed E-state index contributed by atoms with van der Waals surface area (Å²) in [7, 11) is -0.622. The number of benzene rings is 1. The Morgan fingerprint density at radius 3 is 2.39 bits per heavy atom. The molecule has 12 nitrogen and oxygen atoms in total. The van der Waals surface area contributed by atoms with Crippen LogP contribution in [-0.4, -0.2) is 77.7 Å². The van der Waals surface area contributed by atoms with Gasteiger partial charge in [-0.2, -0.15) is 0 Å². The summed E-state index contributed by atoms with van der Waals surface area (Å²) in [5.41, 5.74) is -0.201. The van der Waals surface area contributed by atoms with E-state index in [0.717, 1.165) is 17.7 Å². The number of nitrogens with one attached hydrogen (secondary N) is 3. The maximum atomic E-state index is 13.4. The monoisotopic (exact) mass is 636 g/mol. The number of carbonyl (C=O) groups excluding carboxylic acids is 6. The van der Waals surface area contributed by atoms with Crippen LogP contribution in [0.3, 0.4) is 0 Å². The molecule has 248 valence electrons. The van der Waals surface area contributed by atoms with Crippen LogP contribution in [0.1, 0.15) is 112 Å². The molecule has 0 spiro atoms. The van der Waals surface area contributed by atoms with Crippen LogP contribution in [0.15, 0.2) is 18.2 Å². The fourth-order valence-electron chi connectivity index (χ4n) is 7.72. The van der Waals surface area contributed by atoms with Gasteiger partial charge in [0.05, 0.1) is 29.3 Å². The van der Waals surface area contributed by atoms with Crippen molar-refractivity contribution >= 4 is 42.6 Å². The first-order valence-corrected chi connectivity index (χ1v) is 16.3. The Labute approximate surface area is 270 Å². The molecule has 1 aliphatic carbocycles. The number of rotatable bonds is 10. The summed E-state index contributed by atoms with van der Waals surface area (Å²) in [6.45, 7) is 15.0. The molecule has 2 saturated heterocycles. The van der Waals surface area contributed by atoms with Crippen molar-refractivity contribution < 1.29 is 38.1 Å².